The average molecular weight is 422 g/mol. The molecular weight excluding hydrogens is 399 g/mol. The molecule has 0 spiro atoms. The lowest BCUT2D eigenvalue weighted by Crippen LogP contribution is -2.45. The Morgan fingerprint density at radius 3 is 2.87 bits per heavy atom. The second-order valence-electron chi connectivity index (χ2n) is 8.21. The summed E-state index contributed by atoms with van der Waals surface area (Å²) in [6.45, 7) is 3.20. The number of hydrogen-bond donors (Lipinski definition) is 3. The number of aromatic nitrogens is 4. The van der Waals surface area contributed by atoms with E-state index in [1.165, 1.54) is 6.92 Å². The Bertz CT molecular complexity index is 1320. The van der Waals surface area contributed by atoms with Crippen LogP contribution in [0, 0.1) is 12.7 Å². The van der Waals surface area contributed by atoms with Crippen LogP contribution in [0.3, 0.4) is 0 Å². The summed E-state index contributed by atoms with van der Waals surface area (Å²) in [6.07, 6.45) is 4.43. The molecule has 4 aromatic rings. The number of rotatable bonds is 4. The average Bonchev–Trinajstić information content (AvgIpc) is 3.31. The molecular formula is C22H23FN6O2. The van der Waals surface area contributed by atoms with Gasteiger partial charge in [0.1, 0.15) is 0 Å². The van der Waals surface area contributed by atoms with Gasteiger partial charge in [-0.3, -0.25) is 9.89 Å². The van der Waals surface area contributed by atoms with Crippen molar-refractivity contribution in [2.45, 2.75) is 38.8 Å². The Morgan fingerprint density at radius 2 is 2.16 bits per heavy atom. The third-order valence-corrected chi connectivity index (χ3v) is 6.10. The molecule has 0 saturated heterocycles. The molecule has 1 amide bonds. The largest absolute Gasteiger partial charge is 0.393 e. The minimum absolute atomic E-state index is 0.0941. The first kappa shape index (κ1) is 19.5. The third-order valence-electron chi connectivity index (χ3n) is 6.10. The van der Waals surface area contributed by atoms with E-state index in [4.69, 9.17) is 0 Å². The number of carbonyl (C=O) groups is 1. The van der Waals surface area contributed by atoms with Crippen LogP contribution in [0.2, 0.25) is 0 Å². The van der Waals surface area contributed by atoms with E-state index >= 15 is 4.39 Å². The maximum Gasteiger partial charge on any atom is 0.222 e. The molecule has 1 aliphatic carbocycles. The fourth-order valence-corrected chi connectivity index (χ4v) is 4.41. The second kappa shape index (κ2) is 7.05. The smallest absolute Gasteiger partial charge is 0.222 e. The van der Waals surface area contributed by atoms with Crippen molar-refractivity contribution >= 4 is 33.8 Å². The van der Waals surface area contributed by atoms with Crippen LogP contribution in [0.5, 0.6) is 0 Å². The van der Waals surface area contributed by atoms with Crippen LogP contribution in [-0.2, 0) is 4.79 Å². The zero-order chi connectivity index (χ0) is 21.9. The number of fused-ring (bicyclic) bond motifs is 2. The highest BCUT2D eigenvalue weighted by molar-refractivity contribution is 6.03. The first-order chi connectivity index (χ1) is 14.8. The van der Waals surface area contributed by atoms with Crippen LogP contribution in [0.1, 0.15) is 25.3 Å². The number of hydrogen-bond acceptors (Lipinski definition) is 5. The number of H-pyrrole nitrogens is 1. The van der Waals surface area contributed by atoms with Gasteiger partial charge in [-0.1, -0.05) is 0 Å². The van der Waals surface area contributed by atoms with E-state index in [0.717, 1.165) is 22.0 Å². The van der Waals surface area contributed by atoms with Gasteiger partial charge in [0.2, 0.25) is 5.91 Å². The number of amides is 1. The highest BCUT2D eigenvalue weighted by atomic mass is 19.1. The maximum absolute atomic E-state index is 15.7. The van der Waals surface area contributed by atoms with E-state index in [0.29, 0.717) is 35.4 Å². The summed E-state index contributed by atoms with van der Waals surface area (Å²) < 4.78 is 17.3. The van der Waals surface area contributed by atoms with Crippen LogP contribution in [0.25, 0.3) is 27.5 Å². The number of aromatic amines is 1. The van der Waals surface area contributed by atoms with Crippen molar-refractivity contribution in [1.29, 1.82) is 0 Å². The summed E-state index contributed by atoms with van der Waals surface area (Å²) in [7, 11) is 1.86. The van der Waals surface area contributed by atoms with Crippen molar-refractivity contribution in [2.75, 3.05) is 17.3 Å². The van der Waals surface area contributed by atoms with Gasteiger partial charge in [0.15, 0.2) is 11.6 Å². The van der Waals surface area contributed by atoms with Crippen molar-refractivity contribution in [3.63, 3.8) is 0 Å². The molecule has 5 rings (SSSR count). The predicted octanol–water partition coefficient (Wildman–Crippen LogP) is 3.24. The number of carbonyl (C=O) groups excluding carboxylic acids is 1. The summed E-state index contributed by atoms with van der Waals surface area (Å²) >= 11 is 0. The zero-order valence-corrected chi connectivity index (χ0v) is 17.5. The summed E-state index contributed by atoms with van der Waals surface area (Å²) in [6, 6.07) is 5.65. The van der Waals surface area contributed by atoms with Crippen molar-refractivity contribution in [3.05, 3.63) is 42.0 Å². The first-order valence-electron chi connectivity index (χ1n) is 10.2. The van der Waals surface area contributed by atoms with Crippen molar-refractivity contribution in [3.8, 4) is 11.1 Å². The highest BCUT2D eigenvalue weighted by Crippen LogP contribution is 2.41. The lowest BCUT2D eigenvalue weighted by atomic mass is 9.87. The molecule has 0 bridgehead atoms. The number of anilines is 2. The minimum atomic E-state index is -0.321. The highest BCUT2D eigenvalue weighted by Gasteiger charge is 2.33. The fraction of sp³-hybridized carbons (Fsp3) is 0.318. The Morgan fingerprint density at radius 1 is 1.39 bits per heavy atom. The minimum Gasteiger partial charge on any atom is -0.393 e. The SMILES string of the molecule is CC(=O)Nc1cc2cc(-c3c(C)c(F)c(N(C)C4CC(O)C4)c4[nH]ncc34)ccn2n1. The monoisotopic (exact) mass is 422 g/mol. The molecule has 0 aliphatic heterocycles. The number of benzene rings is 1. The molecule has 3 heterocycles. The van der Waals surface area contributed by atoms with Gasteiger partial charge < -0.3 is 15.3 Å². The molecule has 0 atom stereocenters. The normalized spacial score (nSPS) is 18.4. The Labute approximate surface area is 177 Å². The molecule has 8 nitrogen and oxygen atoms in total. The molecule has 0 radical (unpaired) electrons. The molecule has 0 unspecified atom stereocenters. The van der Waals surface area contributed by atoms with E-state index in [1.54, 1.807) is 29.9 Å². The lowest BCUT2D eigenvalue weighted by Gasteiger charge is -2.40. The topological polar surface area (TPSA) is 98.6 Å². The van der Waals surface area contributed by atoms with Crippen LogP contribution in [0.15, 0.2) is 30.6 Å². The Kier molecular flexibility index (Phi) is 4.44. The van der Waals surface area contributed by atoms with Gasteiger partial charge in [0, 0.05) is 37.7 Å². The molecule has 1 saturated carbocycles. The van der Waals surface area contributed by atoms with E-state index in [9.17, 15) is 9.90 Å². The lowest BCUT2D eigenvalue weighted by molar-refractivity contribution is -0.114. The second-order valence-corrected chi connectivity index (χ2v) is 8.21. The van der Waals surface area contributed by atoms with Gasteiger partial charge in [-0.05, 0) is 48.6 Å². The van der Waals surface area contributed by atoms with Crippen molar-refractivity contribution in [1.82, 2.24) is 19.8 Å². The molecule has 1 aliphatic rings. The summed E-state index contributed by atoms with van der Waals surface area (Å²) in [5, 5.41) is 24.7. The van der Waals surface area contributed by atoms with E-state index in [1.807, 2.05) is 24.1 Å². The van der Waals surface area contributed by atoms with Gasteiger partial charge >= 0.3 is 0 Å². The van der Waals surface area contributed by atoms with Crippen LogP contribution >= 0.6 is 0 Å². The molecule has 160 valence electrons. The number of nitrogens with one attached hydrogen (secondary N) is 2. The van der Waals surface area contributed by atoms with Crippen molar-refractivity contribution < 1.29 is 14.3 Å². The van der Waals surface area contributed by atoms with Gasteiger partial charge in [-0.2, -0.15) is 10.2 Å². The van der Waals surface area contributed by atoms with E-state index in [2.05, 4.69) is 20.6 Å². The molecule has 3 N–H and O–H groups in total. The Hall–Kier alpha value is -3.46. The predicted molar refractivity (Wildman–Crippen MR) is 117 cm³/mol. The number of pyridine rings is 1. The van der Waals surface area contributed by atoms with Crippen molar-refractivity contribution in [2.24, 2.45) is 0 Å². The standard InChI is InChI=1S/C22H23FN6O2/c1-11-19(13-4-5-29-15(6-13)9-18(27-29)25-12(2)30)17-10-24-26-21(17)22(20(11)23)28(3)14-7-16(31)8-14/h4-6,9-10,14,16,31H,7-8H2,1-3H3,(H,24,26)(H,25,27,30). The molecule has 9 heteroatoms. The van der Waals surface area contributed by atoms with E-state index < -0.39 is 0 Å². The number of aliphatic hydroxyl groups excluding tert-OH is 1. The van der Waals surface area contributed by atoms with Crippen LogP contribution < -0.4 is 10.2 Å². The van der Waals surface area contributed by atoms with Gasteiger partial charge in [-0.25, -0.2) is 8.91 Å². The van der Waals surface area contributed by atoms with Crippen LogP contribution in [-0.4, -0.2) is 50.0 Å². The number of halogens is 1. The third kappa shape index (κ3) is 3.12. The van der Waals surface area contributed by atoms with Gasteiger partial charge in [0.05, 0.1) is 29.0 Å². The quantitative estimate of drug-likeness (QED) is 0.469. The molecule has 1 fully saturated rings. The molecule has 1 aromatic carbocycles. The fourth-order valence-electron chi connectivity index (χ4n) is 4.41. The molecule has 3 aromatic heterocycles. The summed E-state index contributed by atoms with van der Waals surface area (Å²) in [5.41, 5.74) is 4.01. The van der Waals surface area contributed by atoms with Gasteiger partial charge in [-0.15, -0.1) is 0 Å². The van der Waals surface area contributed by atoms with E-state index in [-0.39, 0.29) is 23.9 Å². The van der Waals surface area contributed by atoms with Gasteiger partial charge in [0.25, 0.3) is 0 Å². The molecule has 31 heavy (non-hydrogen) atoms. The first-order valence-corrected chi connectivity index (χ1v) is 10.2. The number of nitrogens with zero attached hydrogens (tertiary/aromatic N) is 4. The maximum atomic E-state index is 15.7. The zero-order valence-electron chi connectivity index (χ0n) is 17.5. The van der Waals surface area contributed by atoms with Crippen LogP contribution in [0.4, 0.5) is 15.9 Å². The summed E-state index contributed by atoms with van der Waals surface area (Å²) in [5.74, 6) is -0.0380. The summed E-state index contributed by atoms with van der Waals surface area (Å²) in [4.78, 5) is 13.2. The number of aliphatic hydroxyl groups is 1. The Balaban J connectivity index is 1.64.